The fourth-order valence-corrected chi connectivity index (χ4v) is 1.22. The summed E-state index contributed by atoms with van der Waals surface area (Å²) in [5.41, 5.74) is 0. The van der Waals surface area contributed by atoms with E-state index in [9.17, 15) is 9.59 Å². The lowest BCUT2D eigenvalue weighted by atomic mass is 10.5. The molecule has 0 saturated carbocycles. The molecule has 14 heavy (non-hydrogen) atoms. The monoisotopic (exact) mass is 240 g/mol. The van der Waals surface area contributed by atoms with Crippen LogP contribution in [0.15, 0.2) is 0 Å². The zero-order valence-electron chi connectivity index (χ0n) is 8.27. The fourth-order valence-electron chi connectivity index (χ4n) is 0.301. The van der Waals surface area contributed by atoms with Gasteiger partial charge in [-0.05, 0) is 12.7 Å². The van der Waals surface area contributed by atoms with E-state index in [0.29, 0.717) is 0 Å². The van der Waals surface area contributed by atoms with Crippen LogP contribution in [0.2, 0.25) is 0 Å². The van der Waals surface area contributed by atoms with Crippen LogP contribution in [0.4, 0.5) is 0 Å². The van der Waals surface area contributed by atoms with Gasteiger partial charge in [0.1, 0.15) is 0 Å². The van der Waals surface area contributed by atoms with Gasteiger partial charge in [-0.1, -0.05) is 6.92 Å². The van der Waals surface area contributed by atoms with Crippen molar-refractivity contribution in [1.82, 2.24) is 0 Å². The Hall–Kier alpha value is -0.360. The van der Waals surface area contributed by atoms with Crippen molar-refractivity contribution in [2.75, 3.05) is 11.5 Å². The van der Waals surface area contributed by atoms with Crippen LogP contribution in [0.3, 0.4) is 0 Å². The number of hydrogen-bond donors (Lipinski definition) is 3. The summed E-state index contributed by atoms with van der Waals surface area (Å²) in [6, 6.07) is 0. The molecule has 0 aliphatic carbocycles. The third-order valence-corrected chi connectivity index (χ3v) is 2.78. The summed E-state index contributed by atoms with van der Waals surface area (Å²) >= 11 is 5.36. The molecule has 0 fully saturated rings. The van der Waals surface area contributed by atoms with E-state index in [1.54, 1.807) is 13.8 Å². The SMILES string of the molecule is CC(SCCS)C(=O)O.CCC(=O)O. The average Bonchev–Trinajstić information content (AvgIpc) is 2.14. The number of thioether (sulfide) groups is 1. The molecule has 0 amide bonds. The van der Waals surface area contributed by atoms with Crippen molar-refractivity contribution < 1.29 is 19.8 Å². The Morgan fingerprint density at radius 3 is 2.07 bits per heavy atom. The predicted octanol–water partition coefficient (Wildman–Crippen LogP) is 1.60. The Labute approximate surface area is 93.5 Å². The third kappa shape index (κ3) is 14.2. The Bertz CT molecular complexity index is 173. The molecule has 0 aliphatic rings. The van der Waals surface area contributed by atoms with E-state index < -0.39 is 11.9 Å². The van der Waals surface area contributed by atoms with Crippen molar-refractivity contribution in [3.05, 3.63) is 0 Å². The number of carboxylic acid groups (broad SMARTS) is 2. The first-order valence-electron chi connectivity index (χ1n) is 4.12. The molecule has 0 aliphatic heterocycles. The molecule has 0 aromatic carbocycles. The quantitative estimate of drug-likeness (QED) is 0.636. The molecular formula is C8H16O4S2. The summed E-state index contributed by atoms with van der Waals surface area (Å²) in [4.78, 5) is 19.5. The van der Waals surface area contributed by atoms with Gasteiger partial charge >= 0.3 is 11.9 Å². The highest BCUT2D eigenvalue weighted by Gasteiger charge is 2.08. The molecule has 4 nitrogen and oxygen atoms in total. The third-order valence-electron chi connectivity index (χ3n) is 1.11. The minimum absolute atomic E-state index is 0.222. The van der Waals surface area contributed by atoms with Crippen LogP contribution in [0.5, 0.6) is 0 Å². The van der Waals surface area contributed by atoms with Crippen molar-refractivity contribution in [2.45, 2.75) is 25.5 Å². The molecule has 0 aromatic heterocycles. The van der Waals surface area contributed by atoms with E-state index in [-0.39, 0.29) is 11.7 Å². The summed E-state index contributed by atoms with van der Waals surface area (Å²) in [5, 5.41) is 15.8. The highest BCUT2D eigenvalue weighted by molar-refractivity contribution is 8.01. The van der Waals surface area contributed by atoms with Gasteiger partial charge in [0.15, 0.2) is 0 Å². The Balaban J connectivity index is 0. The summed E-state index contributed by atoms with van der Waals surface area (Å²) in [6.07, 6.45) is 0.222. The molecule has 0 rings (SSSR count). The van der Waals surface area contributed by atoms with Gasteiger partial charge in [-0.25, -0.2) is 0 Å². The number of thiol groups is 1. The standard InChI is InChI=1S/C5H10O2S2.C3H6O2/c1-4(5(6)7)9-3-2-8;1-2-3(4)5/h4,8H,2-3H2,1H3,(H,6,7);2H2,1H3,(H,4,5). The largest absolute Gasteiger partial charge is 0.481 e. The maximum absolute atomic E-state index is 10.2. The highest BCUT2D eigenvalue weighted by atomic mass is 32.2. The lowest BCUT2D eigenvalue weighted by Gasteiger charge is -2.01. The molecule has 1 unspecified atom stereocenters. The van der Waals surface area contributed by atoms with Crippen LogP contribution >= 0.6 is 24.4 Å². The first-order chi connectivity index (χ1) is 6.45. The van der Waals surface area contributed by atoms with E-state index in [1.165, 1.54) is 11.8 Å². The normalized spacial score (nSPS) is 11.1. The van der Waals surface area contributed by atoms with Crippen molar-refractivity contribution in [3.63, 3.8) is 0 Å². The molecule has 0 heterocycles. The Morgan fingerprint density at radius 2 is 1.86 bits per heavy atom. The molecular weight excluding hydrogens is 224 g/mol. The fraction of sp³-hybridized carbons (Fsp3) is 0.750. The van der Waals surface area contributed by atoms with E-state index in [0.717, 1.165) is 11.5 Å². The number of hydrogen-bond acceptors (Lipinski definition) is 4. The van der Waals surface area contributed by atoms with Crippen LogP contribution in [-0.2, 0) is 9.59 Å². The maximum Gasteiger partial charge on any atom is 0.316 e. The van der Waals surface area contributed by atoms with Crippen molar-refractivity contribution in [3.8, 4) is 0 Å². The van der Waals surface area contributed by atoms with Gasteiger partial charge in [-0.3, -0.25) is 9.59 Å². The Kier molecular flexibility index (Phi) is 12.3. The summed E-state index contributed by atoms with van der Waals surface area (Å²) in [5.74, 6) is 0.0468. The zero-order chi connectivity index (χ0) is 11.6. The minimum Gasteiger partial charge on any atom is -0.481 e. The molecule has 0 aromatic rings. The van der Waals surface area contributed by atoms with Gasteiger partial charge in [-0.15, -0.1) is 11.8 Å². The van der Waals surface area contributed by atoms with Crippen LogP contribution in [-0.4, -0.2) is 38.9 Å². The van der Waals surface area contributed by atoms with Gasteiger partial charge in [0.2, 0.25) is 0 Å². The van der Waals surface area contributed by atoms with Crippen LogP contribution in [0.1, 0.15) is 20.3 Å². The maximum atomic E-state index is 10.2. The van der Waals surface area contributed by atoms with E-state index >= 15 is 0 Å². The smallest absolute Gasteiger partial charge is 0.316 e. The predicted molar refractivity (Wildman–Crippen MR) is 61.3 cm³/mol. The molecule has 0 saturated heterocycles. The van der Waals surface area contributed by atoms with Crippen LogP contribution < -0.4 is 0 Å². The zero-order valence-corrected chi connectivity index (χ0v) is 9.98. The van der Waals surface area contributed by atoms with E-state index in [2.05, 4.69) is 12.6 Å². The number of carbonyl (C=O) groups is 2. The first-order valence-corrected chi connectivity index (χ1v) is 5.80. The molecule has 0 bridgehead atoms. The summed E-state index contributed by atoms with van der Waals surface area (Å²) in [6.45, 7) is 3.28. The number of carboxylic acids is 2. The second-order valence-corrected chi connectivity index (χ2v) is 4.22. The second kappa shape index (κ2) is 10.7. The number of aliphatic carboxylic acids is 2. The molecule has 0 radical (unpaired) electrons. The molecule has 1 atom stereocenters. The van der Waals surface area contributed by atoms with Crippen molar-refractivity contribution in [1.29, 1.82) is 0 Å². The molecule has 84 valence electrons. The van der Waals surface area contributed by atoms with Gasteiger partial charge < -0.3 is 10.2 Å². The molecule has 2 N–H and O–H groups in total. The van der Waals surface area contributed by atoms with Crippen LogP contribution in [0.25, 0.3) is 0 Å². The van der Waals surface area contributed by atoms with Gasteiger partial charge in [0, 0.05) is 12.2 Å². The highest BCUT2D eigenvalue weighted by Crippen LogP contribution is 2.09. The second-order valence-electron chi connectivity index (χ2n) is 2.32. The van der Waals surface area contributed by atoms with E-state index in [1.807, 2.05) is 0 Å². The summed E-state index contributed by atoms with van der Waals surface area (Å²) < 4.78 is 0. The summed E-state index contributed by atoms with van der Waals surface area (Å²) in [7, 11) is 0. The number of rotatable bonds is 5. The van der Waals surface area contributed by atoms with Gasteiger partial charge in [-0.2, -0.15) is 12.6 Å². The van der Waals surface area contributed by atoms with Crippen molar-refractivity contribution >= 4 is 36.3 Å². The molecule has 6 heteroatoms. The Morgan fingerprint density at radius 1 is 1.43 bits per heavy atom. The lowest BCUT2D eigenvalue weighted by Crippen LogP contribution is -2.12. The van der Waals surface area contributed by atoms with Crippen molar-refractivity contribution in [2.24, 2.45) is 0 Å². The van der Waals surface area contributed by atoms with Gasteiger partial charge in [0.25, 0.3) is 0 Å². The van der Waals surface area contributed by atoms with E-state index in [4.69, 9.17) is 10.2 Å². The van der Waals surface area contributed by atoms with Gasteiger partial charge in [0.05, 0.1) is 5.25 Å². The average molecular weight is 240 g/mol. The topological polar surface area (TPSA) is 74.6 Å². The lowest BCUT2D eigenvalue weighted by molar-refractivity contribution is -0.137. The van der Waals surface area contributed by atoms with Crippen LogP contribution in [0, 0.1) is 0 Å². The minimum atomic E-state index is -0.748. The molecule has 0 spiro atoms. The first kappa shape index (κ1) is 16.1.